The van der Waals surface area contributed by atoms with Gasteiger partial charge in [-0.1, -0.05) is 18.5 Å². The van der Waals surface area contributed by atoms with Gasteiger partial charge >= 0.3 is 0 Å². The summed E-state index contributed by atoms with van der Waals surface area (Å²) in [6.07, 6.45) is 1.88. The molecule has 2 heterocycles. The van der Waals surface area contributed by atoms with Crippen LogP contribution in [0.2, 0.25) is 5.15 Å². The number of rotatable bonds is 6. The largest absolute Gasteiger partial charge is 0.379 e. The van der Waals surface area contributed by atoms with Crippen LogP contribution in [-0.2, 0) is 11.2 Å². The molecule has 1 aliphatic heterocycles. The standard InChI is InChI=1S/C14H23ClN4O/c1-3-4-12-17-13(15)11(2)14(18-12)16-5-6-19-7-9-20-10-8-19/h3-10H2,1-2H3,(H,16,17,18). The molecule has 0 spiro atoms. The molecule has 112 valence electrons. The minimum atomic E-state index is 0.553. The van der Waals surface area contributed by atoms with E-state index in [1.807, 2.05) is 6.92 Å². The van der Waals surface area contributed by atoms with Crippen LogP contribution in [0.25, 0.3) is 0 Å². The summed E-state index contributed by atoms with van der Waals surface area (Å²) in [6.45, 7) is 9.60. The van der Waals surface area contributed by atoms with Gasteiger partial charge in [-0.15, -0.1) is 0 Å². The monoisotopic (exact) mass is 298 g/mol. The Bertz CT molecular complexity index is 435. The molecule has 0 bridgehead atoms. The molecular formula is C14H23ClN4O. The summed E-state index contributed by atoms with van der Waals surface area (Å²) in [7, 11) is 0. The fourth-order valence-electron chi connectivity index (χ4n) is 2.20. The molecule has 0 radical (unpaired) electrons. The SMILES string of the molecule is CCCc1nc(Cl)c(C)c(NCCN2CCOCC2)n1. The van der Waals surface area contributed by atoms with Crippen molar-refractivity contribution >= 4 is 17.4 Å². The summed E-state index contributed by atoms with van der Waals surface area (Å²) < 4.78 is 5.34. The predicted molar refractivity (Wildman–Crippen MR) is 81.5 cm³/mol. The highest BCUT2D eigenvalue weighted by molar-refractivity contribution is 6.30. The van der Waals surface area contributed by atoms with Gasteiger partial charge in [0, 0.05) is 38.2 Å². The second kappa shape index (κ2) is 7.76. The van der Waals surface area contributed by atoms with Gasteiger partial charge in [0.2, 0.25) is 0 Å². The van der Waals surface area contributed by atoms with Gasteiger partial charge in [-0.2, -0.15) is 0 Å². The first kappa shape index (κ1) is 15.5. The van der Waals surface area contributed by atoms with Crippen LogP contribution in [-0.4, -0.2) is 54.3 Å². The maximum Gasteiger partial charge on any atom is 0.137 e. The van der Waals surface area contributed by atoms with Gasteiger partial charge in [0.15, 0.2) is 0 Å². The van der Waals surface area contributed by atoms with Gasteiger partial charge in [0.05, 0.1) is 13.2 Å². The highest BCUT2D eigenvalue weighted by Gasteiger charge is 2.11. The molecule has 0 atom stereocenters. The molecule has 1 N–H and O–H groups in total. The van der Waals surface area contributed by atoms with Crippen LogP contribution >= 0.6 is 11.6 Å². The number of hydrogen-bond acceptors (Lipinski definition) is 5. The van der Waals surface area contributed by atoms with E-state index in [2.05, 4.69) is 27.1 Å². The first-order valence-corrected chi connectivity index (χ1v) is 7.65. The molecule has 1 aromatic heterocycles. The highest BCUT2D eigenvalue weighted by Crippen LogP contribution is 2.20. The fourth-order valence-corrected chi connectivity index (χ4v) is 2.38. The molecule has 0 aliphatic carbocycles. The van der Waals surface area contributed by atoms with E-state index in [0.29, 0.717) is 5.15 Å². The molecule has 1 aromatic rings. The highest BCUT2D eigenvalue weighted by atomic mass is 35.5. The Morgan fingerprint density at radius 3 is 2.75 bits per heavy atom. The number of anilines is 1. The average molecular weight is 299 g/mol. The van der Waals surface area contributed by atoms with Gasteiger partial charge in [0.25, 0.3) is 0 Å². The van der Waals surface area contributed by atoms with Gasteiger partial charge in [-0.05, 0) is 13.3 Å². The molecule has 0 aromatic carbocycles. The number of aromatic nitrogens is 2. The summed E-state index contributed by atoms with van der Waals surface area (Å²) >= 11 is 6.16. The molecule has 0 unspecified atom stereocenters. The van der Waals surface area contributed by atoms with Crippen molar-refractivity contribution in [3.05, 3.63) is 16.5 Å². The zero-order valence-electron chi connectivity index (χ0n) is 12.3. The number of ether oxygens (including phenoxy) is 1. The second-order valence-electron chi connectivity index (χ2n) is 5.04. The first-order chi connectivity index (χ1) is 9.70. The van der Waals surface area contributed by atoms with E-state index in [9.17, 15) is 0 Å². The lowest BCUT2D eigenvalue weighted by molar-refractivity contribution is 0.0398. The van der Waals surface area contributed by atoms with Crippen LogP contribution < -0.4 is 5.32 Å². The third-order valence-corrected chi connectivity index (χ3v) is 3.80. The summed E-state index contributed by atoms with van der Waals surface area (Å²) in [5.41, 5.74) is 0.925. The minimum Gasteiger partial charge on any atom is -0.379 e. The van der Waals surface area contributed by atoms with Crippen LogP contribution in [0.4, 0.5) is 5.82 Å². The Morgan fingerprint density at radius 1 is 1.30 bits per heavy atom. The van der Waals surface area contributed by atoms with Crippen molar-refractivity contribution in [2.75, 3.05) is 44.7 Å². The number of nitrogens with zero attached hydrogens (tertiary/aromatic N) is 3. The normalized spacial score (nSPS) is 16.4. The predicted octanol–water partition coefficient (Wildman–Crippen LogP) is 2.14. The van der Waals surface area contributed by atoms with E-state index >= 15 is 0 Å². The number of aryl methyl sites for hydroxylation is 1. The molecule has 1 fully saturated rings. The zero-order valence-corrected chi connectivity index (χ0v) is 13.0. The lowest BCUT2D eigenvalue weighted by atomic mass is 10.3. The molecule has 1 aliphatic rings. The van der Waals surface area contributed by atoms with E-state index < -0.39 is 0 Å². The van der Waals surface area contributed by atoms with Crippen molar-refractivity contribution in [3.63, 3.8) is 0 Å². The van der Waals surface area contributed by atoms with E-state index in [1.165, 1.54) is 0 Å². The Hall–Kier alpha value is -0.910. The molecule has 0 saturated carbocycles. The van der Waals surface area contributed by atoms with Crippen LogP contribution in [0.1, 0.15) is 24.7 Å². The number of halogens is 1. The molecule has 20 heavy (non-hydrogen) atoms. The van der Waals surface area contributed by atoms with Crippen LogP contribution in [0, 0.1) is 6.92 Å². The molecule has 0 amide bonds. The van der Waals surface area contributed by atoms with E-state index in [-0.39, 0.29) is 0 Å². The Balaban J connectivity index is 1.90. The zero-order chi connectivity index (χ0) is 14.4. The van der Waals surface area contributed by atoms with Crippen LogP contribution in [0.3, 0.4) is 0 Å². The summed E-state index contributed by atoms with van der Waals surface area (Å²) in [5, 5.41) is 3.93. The summed E-state index contributed by atoms with van der Waals surface area (Å²) in [4.78, 5) is 11.3. The smallest absolute Gasteiger partial charge is 0.137 e. The number of hydrogen-bond donors (Lipinski definition) is 1. The van der Waals surface area contributed by atoms with E-state index in [0.717, 1.165) is 69.4 Å². The topological polar surface area (TPSA) is 50.3 Å². The van der Waals surface area contributed by atoms with Crippen molar-refractivity contribution in [1.29, 1.82) is 0 Å². The Morgan fingerprint density at radius 2 is 2.05 bits per heavy atom. The van der Waals surface area contributed by atoms with Gasteiger partial charge in [-0.25, -0.2) is 9.97 Å². The van der Waals surface area contributed by atoms with Crippen LogP contribution in [0.15, 0.2) is 0 Å². The lowest BCUT2D eigenvalue weighted by Gasteiger charge is -2.26. The van der Waals surface area contributed by atoms with Crippen molar-refractivity contribution in [2.24, 2.45) is 0 Å². The molecule has 6 heteroatoms. The molecular weight excluding hydrogens is 276 g/mol. The lowest BCUT2D eigenvalue weighted by Crippen LogP contribution is -2.39. The summed E-state index contributed by atoms with van der Waals surface area (Å²) in [6, 6.07) is 0. The Labute approximate surface area is 125 Å². The van der Waals surface area contributed by atoms with Gasteiger partial charge in [0.1, 0.15) is 16.8 Å². The second-order valence-corrected chi connectivity index (χ2v) is 5.39. The average Bonchev–Trinajstić information content (AvgIpc) is 2.45. The maximum absolute atomic E-state index is 6.16. The Kier molecular flexibility index (Phi) is 6.01. The number of nitrogens with one attached hydrogen (secondary N) is 1. The summed E-state index contributed by atoms with van der Waals surface area (Å²) in [5.74, 6) is 1.68. The van der Waals surface area contributed by atoms with Crippen molar-refractivity contribution in [3.8, 4) is 0 Å². The van der Waals surface area contributed by atoms with Crippen molar-refractivity contribution in [1.82, 2.24) is 14.9 Å². The third kappa shape index (κ3) is 4.30. The third-order valence-electron chi connectivity index (χ3n) is 3.43. The van der Waals surface area contributed by atoms with Crippen LogP contribution in [0.5, 0.6) is 0 Å². The quantitative estimate of drug-likeness (QED) is 0.816. The minimum absolute atomic E-state index is 0.553. The van der Waals surface area contributed by atoms with Gasteiger partial charge in [-0.3, -0.25) is 4.90 Å². The van der Waals surface area contributed by atoms with Crippen molar-refractivity contribution in [2.45, 2.75) is 26.7 Å². The molecule has 5 nitrogen and oxygen atoms in total. The molecule has 1 saturated heterocycles. The maximum atomic E-state index is 6.16. The molecule has 2 rings (SSSR count). The van der Waals surface area contributed by atoms with Crippen molar-refractivity contribution < 1.29 is 4.74 Å². The van der Waals surface area contributed by atoms with E-state index in [1.54, 1.807) is 0 Å². The van der Waals surface area contributed by atoms with Gasteiger partial charge < -0.3 is 10.1 Å². The van der Waals surface area contributed by atoms with E-state index in [4.69, 9.17) is 16.3 Å². The first-order valence-electron chi connectivity index (χ1n) is 7.27. The fraction of sp³-hybridized carbons (Fsp3) is 0.714. The number of morpholine rings is 1.